The minimum atomic E-state index is 0. The second kappa shape index (κ2) is 11.6. The molecule has 5 heteroatoms. The Bertz CT molecular complexity index is 870. The van der Waals surface area contributed by atoms with Crippen LogP contribution in [0.5, 0.6) is 11.5 Å². The van der Waals surface area contributed by atoms with E-state index in [2.05, 4.69) is 23.5 Å². The third kappa shape index (κ3) is 6.45. The Hall–Kier alpha value is -2.20. The second-order valence-corrected chi connectivity index (χ2v) is 6.67. The molecule has 3 nitrogen and oxygen atoms in total. The summed E-state index contributed by atoms with van der Waals surface area (Å²) in [6, 6.07) is 24.0. The molecule has 148 valence electrons. The Morgan fingerprint density at radius 1 is 0.893 bits per heavy atom. The van der Waals surface area contributed by atoms with E-state index in [0.717, 1.165) is 41.6 Å². The van der Waals surface area contributed by atoms with Crippen molar-refractivity contribution in [2.75, 3.05) is 13.7 Å². The summed E-state index contributed by atoms with van der Waals surface area (Å²) in [5.74, 6) is 1.79. The van der Waals surface area contributed by atoms with Gasteiger partial charge in [-0.2, -0.15) is 0 Å². The number of nitrogens with one attached hydrogen (secondary N) is 1. The Balaban J connectivity index is 0.00000280. The van der Waals surface area contributed by atoms with E-state index >= 15 is 0 Å². The predicted octanol–water partition coefficient (Wildman–Crippen LogP) is 5.68. The van der Waals surface area contributed by atoms with Gasteiger partial charge in [-0.3, -0.25) is 0 Å². The number of methoxy groups -OCH3 is 1. The van der Waals surface area contributed by atoms with E-state index in [-0.39, 0.29) is 12.4 Å². The fourth-order valence-corrected chi connectivity index (χ4v) is 3.08. The number of hydrogen-bond acceptors (Lipinski definition) is 3. The average molecular weight is 418 g/mol. The second-order valence-electron chi connectivity index (χ2n) is 6.27. The van der Waals surface area contributed by atoms with Crippen LogP contribution < -0.4 is 14.8 Å². The molecule has 0 aliphatic carbocycles. The highest BCUT2D eigenvalue weighted by Gasteiger charge is 2.03. The monoisotopic (exact) mass is 417 g/mol. The van der Waals surface area contributed by atoms with Crippen molar-refractivity contribution in [3.05, 3.63) is 94.5 Å². The van der Waals surface area contributed by atoms with Crippen molar-refractivity contribution in [2.24, 2.45) is 0 Å². The summed E-state index contributed by atoms with van der Waals surface area (Å²) in [5.41, 5.74) is 3.38. The summed E-state index contributed by atoms with van der Waals surface area (Å²) in [6.07, 6.45) is 0.923. The van der Waals surface area contributed by atoms with Crippen LogP contribution in [-0.2, 0) is 19.6 Å². The zero-order valence-electron chi connectivity index (χ0n) is 15.9. The Kier molecular flexibility index (Phi) is 9.15. The van der Waals surface area contributed by atoms with E-state index < -0.39 is 0 Å². The van der Waals surface area contributed by atoms with Gasteiger partial charge in [-0.25, -0.2) is 0 Å². The quantitative estimate of drug-likeness (QED) is 0.454. The first-order valence-electron chi connectivity index (χ1n) is 9.04. The maximum Gasteiger partial charge on any atom is 0.122 e. The molecule has 0 heterocycles. The van der Waals surface area contributed by atoms with E-state index in [1.165, 1.54) is 11.1 Å². The summed E-state index contributed by atoms with van der Waals surface area (Å²) in [4.78, 5) is 0. The lowest BCUT2D eigenvalue weighted by Gasteiger charge is -2.11. The van der Waals surface area contributed by atoms with Gasteiger partial charge in [0.15, 0.2) is 0 Å². The van der Waals surface area contributed by atoms with Crippen molar-refractivity contribution in [1.29, 1.82) is 0 Å². The molecule has 0 atom stereocenters. The van der Waals surface area contributed by atoms with Crippen molar-refractivity contribution in [3.63, 3.8) is 0 Å². The van der Waals surface area contributed by atoms with Gasteiger partial charge in [0.1, 0.15) is 18.1 Å². The largest absolute Gasteiger partial charge is 0.496 e. The first-order valence-corrected chi connectivity index (χ1v) is 9.42. The summed E-state index contributed by atoms with van der Waals surface area (Å²) in [7, 11) is 1.71. The van der Waals surface area contributed by atoms with E-state index in [9.17, 15) is 0 Å². The normalized spacial score (nSPS) is 10.2. The lowest BCUT2D eigenvalue weighted by molar-refractivity contribution is 0.306. The molecule has 0 aliphatic rings. The fraction of sp³-hybridized carbons (Fsp3) is 0.217. The van der Waals surface area contributed by atoms with Crippen LogP contribution in [0.2, 0.25) is 5.02 Å². The number of halogens is 2. The minimum absolute atomic E-state index is 0. The third-order valence-corrected chi connectivity index (χ3v) is 4.71. The van der Waals surface area contributed by atoms with Crippen LogP contribution in [0.1, 0.15) is 16.7 Å². The van der Waals surface area contributed by atoms with Gasteiger partial charge < -0.3 is 14.8 Å². The Morgan fingerprint density at radius 2 is 1.64 bits per heavy atom. The molecule has 0 radical (unpaired) electrons. The summed E-state index contributed by atoms with van der Waals surface area (Å²) >= 11 is 6.18. The summed E-state index contributed by atoms with van der Waals surface area (Å²) in [6.45, 7) is 2.13. The molecule has 0 unspecified atom stereocenters. The van der Waals surface area contributed by atoms with Crippen molar-refractivity contribution < 1.29 is 9.47 Å². The average Bonchev–Trinajstić information content (AvgIpc) is 2.71. The minimum Gasteiger partial charge on any atom is -0.496 e. The van der Waals surface area contributed by atoms with Gasteiger partial charge in [-0.1, -0.05) is 60.1 Å². The molecule has 0 aromatic heterocycles. The highest BCUT2D eigenvalue weighted by Crippen LogP contribution is 2.20. The maximum absolute atomic E-state index is 6.18. The molecular weight excluding hydrogens is 393 g/mol. The van der Waals surface area contributed by atoms with Crippen LogP contribution in [0.15, 0.2) is 72.8 Å². The lowest BCUT2D eigenvalue weighted by Crippen LogP contribution is -2.17. The van der Waals surface area contributed by atoms with Crippen LogP contribution in [0.3, 0.4) is 0 Å². The maximum atomic E-state index is 6.18. The Labute approximate surface area is 178 Å². The van der Waals surface area contributed by atoms with Gasteiger partial charge in [0, 0.05) is 17.1 Å². The molecule has 28 heavy (non-hydrogen) atoms. The molecule has 0 spiro atoms. The number of para-hydroxylation sites is 1. The number of hydrogen-bond donors (Lipinski definition) is 1. The topological polar surface area (TPSA) is 30.5 Å². The molecule has 3 aromatic rings. The standard InChI is InChI=1S/C23H24ClNO2.ClH/c1-26-23-12-5-3-8-19(23)13-14-25-16-18-7-6-10-21(15-18)27-17-20-9-2-4-11-22(20)24;/h2-12,15,25H,13-14,16-17H2,1H3;1H. The highest BCUT2D eigenvalue weighted by molar-refractivity contribution is 6.31. The van der Waals surface area contributed by atoms with E-state index in [4.69, 9.17) is 21.1 Å². The fourth-order valence-electron chi connectivity index (χ4n) is 2.89. The van der Waals surface area contributed by atoms with Crippen molar-refractivity contribution in [2.45, 2.75) is 19.6 Å². The van der Waals surface area contributed by atoms with Crippen molar-refractivity contribution >= 4 is 24.0 Å². The van der Waals surface area contributed by atoms with Gasteiger partial charge in [0.2, 0.25) is 0 Å². The van der Waals surface area contributed by atoms with Gasteiger partial charge in [-0.05, 0) is 48.4 Å². The zero-order chi connectivity index (χ0) is 18.9. The van der Waals surface area contributed by atoms with E-state index in [1.807, 2.05) is 54.6 Å². The molecule has 0 saturated carbocycles. The lowest BCUT2D eigenvalue weighted by atomic mass is 10.1. The summed E-state index contributed by atoms with van der Waals surface area (Å²) < 4.78 is 11.3. The van der Waals surface area contributed by atoms with Crippen LogP contribution in [0, 0.1) is 0 Å². The van der Waals surface area contributed by atoms with E-state index in [0.29, 0.717) is 6.61 Å². The SMILES string of the molecule is COc1ccccc1CCNCc1cccc(OCc2ccccc2Cl)c1.Cl. The third-order valence-electron chi connectivity index (χ3n) is 4.34. The van der Waals surface area contributed by atoms with Crippen LogP contribution in [0.25, 0.3) is 0 Å². The van der Waals surface area contributed by atoms with Crippen LogP contribution >= 0.6 is 24.0 Å². The van der Waals surface area contributed by atoms with Crippen molar-refractivity contribution in [1.82, 2.24) is 5.32 Å². The number of ether oxygens (including phenoxy) is 2. The molecule has 0 aliphatic heterocycles. The molecular formula is C23H25Cl2NO2. The number of rotatable bonds is 9. The van der Waals surface area contributed by atoms with Gasteiger partial charge in [0.05, 0.1) is 7.11 Å². The molecule has 0 amide bonds. The zero-order valence-corrected chi connectivity index (χ0v) is 17.4. The molecule has 0 saturated heterocycles. The summed E-state index contributed by atoms with van der Waals surface area (Å²) in [5, 5.41) is 4.21. The van der Waals surface area contributed by atoms with Crippen LogP contribution in [0.4, 0.5) is 0 Å². The van der Waals surface area contributed by atoms with Gasteiger partial charge in [0.25, 0.3) is 0 Å². The molecule has 1 N–H and O–H groups in total. The highest BCUT2D eigenvalue weighted by atomic mass is 35.5. The van der Waals surface area contributed by atoms with Crippen LogP contribution in [-0.4, -0.2) is 13.7 Å². The smallest absolute Gasteiger partial charge is 0.122 e. The van der Waals surface area contributed by atoms with Crippen molar-refractivity contribution in [3.8, 4) is 11.5 Å². The Morgan fingerprint density at radius 3 is 2.43 bits per heavy atom. The molecule has 0 fully saturated rings. The number of benzene rings is 3. The first-order chi connectivity index (χ1) is 13.3. The van der Waals surface area contributed by atoms with E-state index in [1.54, 1.807) is 7.11 Å². The predicted molar refractivity (Wildman–Crippen MR) is 118 cm³/mol. The molecule has 3 rings (SSSR count). The molecule has 3 aromatic carbocycles. The van der Waals surface area contributed by atoms with Gasteiger partial charge in [-0.15, -0.1) is 12.4 Å². The molecule has 0 bridgehead atoms. The first kappa shape index (κ1) is 22.1. The van der Waals surface area contributed by atoms with Gasteiger partial charge >= 0.3 is 0 Å².